The molecule has 6 aromatic rings. The number of pyridine rings is 1. The van der Waals surface area contributed by atoms with Gasteiger partial charge in [-0.3, -0.25) is 13.5 Å². The first-order valence-electron chi connectivity index (χ1n) is 15.8. The van der Waals surface area contributed by atoms with Crippen LogP contribution in [-0.4, -0.2) is 44.8 Å². The van der Waals surface area contributed by atoms with E-state index in [1.165, 1.54) is 31.4 Å². The molecule has 5 aromatic carbocycles. The number of benzene rings is 5. The molecule has 1 aliphatic heterocycles. The Morgan fingerprint density at radius 1 is 0.860 bits per heavy atom. The van der Waals surface area contributed by atoms with E-state index in [0.29, 0.717) is 27.5 Å². The summed E-state index contributed by atoms with van der Waals surface area (Å²) in [7, 11) is -6.11. The second-order valence-corrected chi connectivity index (χ2v) is 16.3. The fourth-order valence-corrected chi connectivity index (χ4v) is 9.04. The van der Waals surface area contributed by atoms with Crippen molar-refractivity contribution in [3.8, 4) is 11.5 Å². The molecule has 0 fully saturated rings. The van der Waals surface area contributed by atoms with Gasteiger partial charge in [0.1, 0.15) is 23.2 Å². The highest BCUT2D eigenvalue weighted by molar-refractivity contribution is 7.86. The van der Waals surface area contributed by atoms with E-state index in [4.69, 9.17) is 13.7 Å². The first-order valence-corrected chi connectivity index (χ1v) is 18.7. The molecular weight excluding hydrogens is 679 g/mol. The van der Waals surface area contributed by atoms with Gasteiger partial charge >= 0.3 is 0 Å². The molecule has 0 saturated heterocycles. The summed E-state index contributed by atoms with van der Waals surface area (Å²) in [6.07, 6.45) is -1.40. The number of hydrogen-bond donors (Lipinski definition) is 1. The maximum Gasteiger partial charge on any atom is 0.297 e. The van der Waals surface area contributed by atoms with Gasteiger partial charge in [0.25, 0.3) is 20.2 Å². The van der Waals surface area contributed by atoms with E-state index in [1.54, 1.807) is 52.1 Å². The molecule has 1 aromatic heterocycles. The number of hydrogen-bond acceptors (Lipinski definition) is 8. The standard InChI is InChI=1S/C38H35NO9S2/c1-21-11-14-25(15-12-21)50(44,45)48-37-32(27-17-22(2)13-16-31(27)49(41,42)43)33-30(47-38(37,3)4)20-29(46-6)34-35(33)39(5)28-19-24-10-8-7-9-23(24)18-26(28)36(34)40/h7-20,32,37H,1-6H3,(H,41,42,43). The largest absolute Gasteiger partial charge is 0.496 e. The molecule has 0 aliphatic carbocycles. The van der Waals surface area contributed by atoms with Crippen LogP contribution in [0.5, 0.6) is 11.5 Å². The van der Waals surface area contributed by atoms with Crippen LogP contribution in [0.2, 0.25) is 0 Å². The fraction of sp³-hybridized carbons (Fsp3) is 0.237. The van der Waals surface area contributed by atoms with Crippen molar-refractivity contribution in [2.75, 3.05) is 7.11 Å². The van der Waals surface area contributed by atoms with Crippen LogP contribution in [0.1, 0.15) is 42.0 Å². The van der Waals surface area contributed by atoms with Gasteiger partial charge in [0.15, 0.2) is 0 Å². The molecule has 2 atom stereocenters. The molecule has 1 N–H and O–H groups in total. The summed E-state index contributed by atoms with van der Waals surface area (Å²) in [5.74, 6) is -0.757. The van der Waals surface area contributed by atoms with E-state index in [9.17, 15) is 26.2 Å². The second-order valence-electron chi connectivity index (χ2n) is 13.3. The quantitative estimate of drug-likeness (QED) is 0.112. The Kier molecular flexibility index (Phi) is 7.87. The molecule has 50 heavy (non-hydrogen) atoms. The van der Waals surface area contributed by atoms with E-state index in [0.717, 1.165) is 16.3 Å². The molecule has 0 amide bonds. The third-order valence-corrected chi connectivity index (χ3v) is 11.7. The monoisotopic (exact) mass is 713 g/mol. The zero-order valence-electron chi connectivity index (χ0n) is 28.2. The van der Waals surface area contributed by atoms with Gasteiger partial charge in [-0.15, -0.1) is 0 Å². The number of aromatic nitrogens is 1. The Labute approximate surface area is 289 Å². The van der Waals surface area contributed by atoms with E-state index >= 15 is 0 Å². The maximum atomic E-state index is 14.5. The van der Waals surface area contributed by atoms with Crippen LogP contribution >= 0.6 is 0 Å². The number of nitrogens with zero attached hydrogens (tertiary/aromatic N) is 1. The summed E-state index contributed by atoms with van der Waals surface area (Å²) >= 11 is 0. The van der Waals surface area contributed by atoms with Crippen LogP contribution in [0, 0.1) is 13.8 Å². The highest BCUT2D eigenvalue weighted by Gasteiger charge is 2.51. The van der Waals surface area contributed by atoms with Crippen molar-refractivity contribution in [1.82, 2.24) is 4.57 Å². The van der Waals surface area contributed by atoms with Crippen molar-refractivity contribution < 1.29 is 35.0 Å². The van der Waals surface area contributed by atoms with E-state index in [-0.39, 0.29) is 32.8 Å². The van der Waals surface area contributed by atoms with Crippen molar-refractivity contribution >= 4 is 52.8 Å². The first kappa shape index (κ1) is 33.7. The lowest BCUT2D eigenvalue weighted by Crippen LogP contribution is -2.51. The molecule has 2 unspecified atom stereocenters. The van der Waals surface area contributed by atoms with Crippen LogP contribution in [0.3, 0.4) is 0 Å². The van der Waals surface area contributed by atoms with E-state index < -0.39 is 42.8 Å². The molecule has 10 nitrogen and oxygen atoms in total. The van der Waals surface area contributed by atoms with Crippen molar-refractivity contribution in [2.24, 2.45) is 7.05 Å². The Morgan fingerprint density at radius 3 is 2.14 bits per heavy atom. The van der Waals surface area contributed by atoms with Crippen molar-refractivity contribution in [2.45, 2.75) is 55.1 Å². The van der Waals surface area contributed by atoms with Gasteiger partial charge in [-0.1, -0.05) is 59.7 Å². The highest BCUT2D eigenvalue weighted by atomic mass is 32.2. The van der Waals surface area contributed by atoms with Gasteiger partial charge in [-0.25, -0.2) is 0 Å². The van der Waals surface area contributed by atoms with Crippen LogP contribution in [0.25, 0.3) is 32.6 Å². The normalized spacial score (nSPS) is 17.5. The maximum absolute atomic E-state index is 14.5. The van der Waals surface area contributed by atoms with Crippen LogP contribution in [0.15, 0.2) is 99.5 Å². The Bertz CT molecular complexity index is 2660. The molecule has 0 saturated carbocycles. The summed E-state index contributed by atoms with van der Waals surface area (Å²) in [4.78, 5) is 14.0. The Morgan fingerprint density at radius 2 is 1.50 bits per heavy atom. The van der Waals surface area contributed by atoms with Gasteiger partial charge in [0.2, 0.25) is 5.43 Å². The minimum atomic E-state index is -4.85. The van der Waals surface area contributed by atoms with Crippen molar-refractivity contribution in [1.29, 1.82) is 0 Å². The molecule has 12 heteroatoms. The molecule has 7 rings (SSSR count). The summed E-state index contributed by atoms with van der Waals surface area (Å²) in [5, 5.41) is 2.36. The summed E-state index contributed by atoms with van der Waals surface area (Å²) in [5.41, 5.74) is 1.01. The van der Waals surface area contributed by atoms with Crippen molar-refractivity contribution in [3.05, 3.63) is 117 Å². The van der Waals surface area contributed by atoms with Gasteiger partial charge in [0, 0.05) is 30.0 Å². The number of methoxy groups -OCH3 is 1. The average molecular weight is 714 g/mol. The lowest BCUT2D eigenvalue weighted by atomic mass is 9.76. The zero-order chi connectivity index (χ0) is 35.9. The minimum Gasteiger partial charge on any atom is -0.496 e. The van der Waals surface area contributed by atoms with Gasteiger partial charge < -0.3 is 14.0 Å². The summed E-state index contributed by atoms with van der Waals surface area (Å²) in [6, 6.07) is 23.5. The van der Waals surface area contributed by atoms with Crippen molar-refractivity contribution in [3.63, 3.8) is 0 Å². The van der Waals surface area contributed by atoms with Crippen LogP contribution in [0.4, 0.5) is 0 Å². The third kappa shape index (κ3) is 5.43. The predicted molar refractivity (Wildman–Crippen MR) is 192 cm³/mol. The molecule has 0 bridgehead atoms. The van der Waals surface area contributed by atoms with Gasteiger partial charge in [-0.05, 0) is 74.4 Å². The molecule has 2 heterocycles. The molecule has 0 radical (unpaired) electrons. The minimum absolute atomic E-state index is 0.0757. The Balaban J connectivity index is 1.64. The average Bonchev–Trinajstić information content (AvgIpc) is 3.05. The van der Waals surface area contributed by atoms with Crippen LogP contribution < -0.4 is 14.9 Å². The smallest absolute Gasteiger partial charge is 0.297 e. The molecular formula is C38H35NO9S2. The summed E-state index contributed by atoms with van der Waals surface area (Å²) in [6.45, 7) is 6.86. The fourth-order valence-electron chi connectivity index (χ4n) is 7.12. The number of rotatable bonds is 6. The number of aryl methyl sites for hydroxylation is 3. The summed E-state index contributed by atoms with van der Waals surface area (Å²) < 4.78 is 84.8. The zero-order valence-corrected chi connectivity index (χ0v) is 29.8. The topological polar surface area (TPSA) is 138 Å². The van der Waals surface area contributed by atoms with Gasteiger partial charge in [0.05, 0.1) is 33.3 Å². The molecule has 1 aliphatic rings. The van der Waals surface area contributed by atoms with Crippen LogP contribution in [-0.2, 0) is 31.5 Å². The first-order chi connectivity index (χ1) is 23.5. The van der Waals surface area contributed by atoms with E-state index in [1.807, 2.05) is 47.9 Å². The lowest BCUT2D eigenvalue weighted by molar-refractivity contribution is -0.0337. The number of fused-ring (bicyclic) bond motifs is 5. The van der Waals surface area contributed by atoms with E-state index in [2.05, 4.69) is 0 Å². The number of ether oxygens (including phenoxy) is 2. The van der Waals surface area contributed by atoms with Gasteiger partial charge in [-0.2, -0.15) is 16.8 Å². The third-order valence-electron chi connectivity index (χ3n) is 9.51. The molecule has 258 valence electrons. The highest BCUT2D eigenvalue weighted by Crippen LogP contribution is 2.52. The SMILES string of the molecule is COc1cc2c(c3c1c(=O)c1cc4ccccc4cc1n3C)C(c1cc(C)ccc1S(=O)(=O)O)C(OS(=O)(=O)c1ccc(C)cc1)C(C)(C)O2. The lowest BCUT2D eigenvalue weighted by Gasteiger charge is -2.45. The predicted octanol–water partition coefficient (Wildman–Crippen LogP) is 6.79. The second kappa shape index (κ2) is 11.7. The Hall–Kier alpha value is -4.75. The molecule has 0 spiro atoms.